The topological polar surface area (TPSA) is 78.9 Å². The van der Waals surface area contributed by atoms with Crippen molar-refractivity contribution in [1.29, 1.82) is 0 Å². The van der Waals surface area contributed by atoms with Gasteiger partial charge in [0.15, 0.2) is 6.10 Å². The molecule has 0 bridgehead atoms. The second-order valence-corrected chi connectivity index (χ2v) is 20.2. The van der Waals surface area contributed by atoms with Crippen molar-refractivity contribution in [2.75, 3.05) is 13.2 Å². The van der Waals surface area contributed by atoms with E-state index in [1.165, 1.54) is 89.9 Å². The van der Waals surface area contributed by atoms with E-state index in [1.807, 2.05) is 0 Å². The monoisotopic (exact) mass is 1040 g/mol. The summed E-state index contributed by atoms with van der Waals surface area (Å²) in [4.78, 5) is 38.1. The molecule has 0 rings (SSSR count). The van der Waals surface area contributed by atoms with Crippen molar-refractivity contribution in [3.05, 3.63) is 122 Å². The van der Waals surface area contributed by atoms with Gasteiger partial charge in [-0.1, -0.05) is 264 Å². The number of allylic oxidation sites excluding steroid dienone is 20. The molecule has 0 spiro atoms. The second kappa shape index (κ2) is 62.4. The Morgan fingerprint density at radius 2 is 0.520 bits per heavy atom. The Balaban J connectivity index is 4.26. The summed E-state index contributed by atoms with van der Waals surface area (Å²) in [5.74, 6) is -0.916. The molecule has 0 aliphatic heterocycles. The fourth-order valence-electron chi connectivity index (χ4n) is 8.31. The summed E-state index contributed by atoms with van der Waals surface area (Å²) in [6.45, 7) is 6.48. The highest BCUT2D eigenvalue weighted by Crippen LogP contribution is 2.15. The number of carbonyl (C=O) groups is 3. The van der Waals surface area contributed by atoms with E-state index in [-0.39, 0.29) is 31.1 Å². The van der Waals surface area contributed by atoms with Gasteiger partial charge in [0, 0.05) is 19.3 Å². The Morgan fingerprint density at radius 3 is 0.827 bits per heavy atom. The van der Waals surface area contributed by atoms with Crippen molar-refractivity contribution in [1.82, 2.24) is 0 Å². The summed E-state index contributed by atoms with van der Waals surface area (Å²) in [5, 5.41) is 0. The van der Waals surface area contributed by atoms with Crippen LogP contribution in [0.25, 0.3) is 0 Å². The molecule has 1 unspecified atom stereocenters. The molecular weight excluding hydrogens is 925 g/mol. The Labute approximate surface area is 462 Å². The number of ether oxygens (including phenoxy) is 3. The molecule has 0 saturated carbocycles. The molecule has 426 valence electrons. The number of rotatable bonds is 55. The first kappa shape index (κ1) is 70.8. The maximum absolute atomic E-state index is 12.8. The van der Waals surface area contributed by atoms with E-state index in [2.05, 4.69) is 142 Å². The van der Waals surface area contributed by atoms with Crippen LogP contribution in [-0.2, 0) is 28.6 Å². The Morgan fingerprint density at radius 1 is 0.280 bits per heavy atom. The summed E-state index contributed by atoms with van der Waals surface area (Å²) in [7, 11) is 0. The van der Waals surface area contributed by atoms with E-state index >= 15 is 0 Å². The largest absolute Gasteiger partial charge is 0.462 e. The Kier molecular flexibility index (Phi) is 58.9. The molecular formula is C69H114O6. The van der Waals surface area contributed by atoms with Gasteiger partial charge in [0.05, 0.1) is 0 Å². The third-order valence-corrected chi connectivity index (χ3v) is 13.0. The first-order valence-electron chi connectivity index (χ1n) is 31.0. The van der Waals surface area contributed by atoms with E-state index in [0.717, 1.165) is 148 Å². The van der Waals surface area contributed by atoms with Crippen LogP contribution in [0.1, 0.15) is 278 Å². The van der Waals surface area contributed by atoms with Crippen molar-refractivity contribution in [2.24, 2.45) is 0 Å². The van der Waals surface area contributed by atoms with Gasteiger partial charge >= 0.3 is 17.9 Å². The molecule has 75 heavy (non-hydrogen) atoms. The van der Waals surface area contributed by atoms with Gasteiger partial charge < -0.3 is 14.2 Å². The van der Waals surface area contributed by atoms with E-state index in [9.17, 15) is 14.4 Å². The molecule has 0 heterocycles. The maximum Gasteiger partial charge on any atom is 0.306 e. The minimum absolute atomic E-state index is 0.0870. The maximum atomic E-state index is 12.8. The van der Waals surface area contributed by atoms with Gasteiger partial charge in [-0.25, -0.2) is 0 Å². The fourth-order valence-corrected chi connectivity index (χ4v) is 8.31. The molecule has 0 aromatic heterocycles. The summed E-state index contributed by atoms with van der Waals surface area (Å²) in [6.07, 6.45) is 86.3. The highest BCUT2D eigenvalue weighted by molar-refractivity contribution is 5.71. The number of hydrogen-bond acceptors (Lipinski definition) is 6. The lowest BCUT2D eigenvalue weighted by Gasteiger charge is -2.18. The summed E-state index contributed by atoms with van der Waals surface area (Å²) >= 11 is 0. The zero-order valence-electron chi connectivity index (χ0n) is 48.8. The van der Waals surface area contributed by atoms with Crippen molar-refractivity contribution < 1.29 is 28.6 Å². The average Bonchev–Trinajstić information content (AvgIpc) is 3.41. The normalized spacial score (nSPS) is 12.9. The van der Waals surface area contributed by atoms with Gasteiger partial charge in [0.1, 0.15) is 13.2 Å². The van der Waals surface area contributed by atoms with Crippen molar-refractivity contribution in [3.63, 3.8) is 0 Å². The SMILES string of the molecule is CC/C=C\C/C=C\C/C=C\C/C=C\C/C=C\C/C=C\C/C=C\C/C=C\C/C=C\CCCCCCCC(=O)OCC(COC(=O)CCCCCCCCCCCC)OC(=O)CCCCCCC/C=C\CCCCCCC. The third-order valence-electron chi connectivity index (χ3n) is 13.0. The molecule has 0 fully saturated rings. The highest BCUT2D eigenvalue weighted by atomic mass is 16.6. The van der Waals surface area contributed by atoms with Gasteiger partial charge in [-0.3, -0.25) is 14.4 Å². The van der Waals surface area contributed by atoms with Gasteiger partial charge in [0.25, 0.3) is 0 Å². The predicted octanol–water partition coefficient (Wildman–Crippen LogP) is 21.2. The first-order chi connectivity index (χ1) is 37.0. The van der Waals surface area contributed by atoms with Crippen LogP contribution >= 0.6 is 0 Å². The molecule has 0 amide bonds. The van der Waals surface area contributed by atoms with E-state index in [0.29, 0.717) is 19.3 Å². The van der Waals surface area contributed by atoms with Crippen LogP contribution in [0.2, 0.25) is 0 Å². The van der Waals surface area contributed by atoms with Crippen LogP contribution in [0, 0.1) is 0 Å². The summed E-state index contributed by atoms with van der Waals surface area (Å²) in [6, 6.07) is 0. The number of unbranched alkanes of at least 4 members (excludes halogenated alkanes) is 24. The Bertz CT molecular complexity index is 1570. The molecule has 0 aromatic carbocycles. The average molecular weight is 1040 g/mol. The molecule has 6 heteroatoms. The van der Waals surface area contributed by atoms with Gasteiger partial charge in [-0.05, 0) is 116 Å². The third kappa shape index (κ3) is 60.6. The molecule has 1 atom stereocenters. The van der Waals surface area contributed by atoms with Gasteiger partial charge in [0.2, 0.25) is 0 Å². The van der Waals surface area contributed by atoms with Crippen molar-refractivity contribution >= 4 is 17.9 Å². The minimum atomic E-state index is -0.790. The van der Waals surface area contributed by atoms with Crippen molar-refractivity contribution in [2.45, 2.75) is 284 Å². The molecule has 0 aliphatic carbocycles. The van der Waals surface area contributed by atoms with Gasteiger partial charge in [-0.15, -0.1) is 0 Å². The number of hydrogen-bond donors (Lipinski definition) is 0. The van der Waals surface area contributed by atoms with Crippen molar-refractivity contribution in [3.8, 4) is 0 Å². The van der Waals surface area contributed by atoms with Crippen LogP contribution < -0.4 is 0 Å². The van der Waals surface area contributed by atoms with E-state index in [4.69, 9.17) is 14.2 Å². The number of esters is 3. The van der Waals surface area contributed by atoms with Crippen LogP contribution in [0.15, 0.2) is 122 Å². The van der Waals surface area contributed by atoms with E-state index in [1.54, 1.807) is 0 Å². The smallest absolute Gasteiger partial charge is 0.306 e. The minimum Gasteiger partial charge on any atom is -0.462 e. The molecule has 0 aliphatic rings. The quantitative estimate of drug-likeness (QED) is 0.0261. The highest BCUT2D eigenvalue weighted by Gasteiger charge is 2.19. The fraction of sp³-hybridized carbons (Fsp3) is 0.667. The lowest BCUT2D eigenvalue weighted by Crippen LogP contribution is -2.30. The molecule has 0 aromatic rings. The zero-order valence-corrected chi connectivity index (χ0v) is 48.8. The van der Waals surface area contributed by atoms with Crippen LogP contribution in [-0.4, -0.2) is 37.2 Å². The molecule has 6 nitrogen and oxygen atoms in total. The standard InChI is InChI=1S/C69H114O6/c1-4-7-10-13-16-19-22-24-26-27-28-29-30-31-32-33-34-35-36-37-38-39-40-41-42-43-44-46-47-50-53-56-59-62-68(71)74-65-66(64-73-67(70)61-58-55-52-49-21-18-15-12-9-6-3)75-69(72)63-60-57-54-51-48-45-25-23-20-17-14-11-8-5-2/h7,10,16,19,23-26,28-29,31-32,34-35,37-38,40-41,43-44,66H,4-6,8-9,11-15,17-18,20-22,27,30,33,36,39,42,45-65H2,1-3H3/b10-7-,19-16-,25-23-,26-24-,29-28-,32-31-,35-34-,38-37-,41-40-,44-43-. The summed E-state index contributed by atoms with van der Waals surface area (Å²) < 4.78 is 16.8. The van der Waals surface area contributed by atoms with Crippen LogP contribution in [0.5, 0.6) is 0 Å². The first-order valence-corrected chi connectivity index (χ1v) is 31.0. The Hall–Kier alpha value is -4.19. The van der Waals surface area contributed by atoms with Crippen LogP contribution in [0.3, 0.4) is 0 Å². The van der Waals surface area contributed by atoms with Crippen LogP contribution in [0.4, 0.5) is 0 Å². The molecule has 0 N–H and O–H groups in total. The summed E-state index contributed by atoms with van der Waals surface area (Å²) in [5.41, 5.74) is 0. The second-order valence-electron chi connectivity index (χ2n) is 20.2. The molecule has 0 radical (unpaired) electrons. The zero-order chi connectivity index (χ0) is 54.3. The lowest BCUT2D eigenvalue weighted by atomic mass is 10.1. The van der Waals surface area contributed by atoms with Gasteiger partial charge in [-0.2, -0.15) is 0 Å². The van der Waals surface area contributed by atoms with E-state index < -0.39 is 6.10 Å². The lowest BCUT2D eigenvalue weighted by molar-refractivity contribution is -0.167. The molecule has 0 saturated heterocycles. The number of carbonyl (C=O) groups excluding carboxylic acids is 3. The predicted molar refractivity (Wildman–Crippen MR) is 325 cm³/mol.